The molecule has 3 rings (SSSR count). The van der Waals surface area contributed by atoms with E-state index in [0.29, 0.717) is 0 Å². The van der Waals surface area contributed by atoms with E-state index < -0.39 is 0 Å². The van der Waals surface area contributed by atoms with E-state index in [4.69, 9.17) is 4.74 Å². The van der Waals surface area contributed by atoms with Crippen LogP contribution < -0.4 is 4.74 Å². The molecule has 0 aliphatic heterocycles. The van der Waals surface area contributed by atoms with Crippen molar-refractivity contribution in [3.63, 3.8) is 0 Å². The Labute approximate surface area is 152 Å². The summed E-state index contributed by atoms with van der Waals surface area (Å²) < 4.78 is 6.11. The number of benzene rings is 3. The molecule has 3 aromatic rings. The highest BCUT2D eigenvalue weighted by molar-refractivity contribution is 6.00. The van der Waals surface area contributed by atoms with E-state index in [-0.39, 0.29) is 0 Å². The first kappa shape index (κ1) is 17.8. The van der Waals surface area contributed by atoms with E-state index >= 15 is 0 Å². The van der Waals surface area contributed by atoms with Crippen molar-refractivity contribution in [2.45, 2.75) is 58.3 Å². The van der Waals surface area contributed by atoms with Crippen LogP contribution in [0.5, 0.6) is 5.75 Å². The summed E-state index contributed by atoms with van der Waals surface area (Å²) in [7, 11) is 0. The largest absolute Gasteiger partial charge is 0.493 e. The van der Waals surface area contributed by atoms with Crippen LogP contribution in [0.15, 0.2) is 54.6 Å². The second-order valence-electron chi connectivity index (χ2n) is 7.00. The molecule has 0 amide bonds. The smallest absolute Gasteiger partial charge is 0.127 e. The first-order chi connectivity index (χ1) is 12.4. The number of hydrogen-bond acceptors (Lipinski definition) is 1. The van der Waals surface area contributed by atoms with Gasteiger partial charge in [-0.1, -0.05) is 88.3 Å². The zero-order valence-corrected chi connectivity index (χ0v) is 15.5. The van der Waals surface area contributed by atoms with Crippen molar-refractivity contribution in [1.29, 1.82) is 0 Å². The van der Waals surface area contributed by atoms with E-state index in [1.54, 1.807) is 0 Å². The molecule has 0 atom stereocenters. The molecule has 0 aromatic heterocycles. The van der Waals surface area contributed by atoms with Gasteiger partial charge >= 0.3 is 0 Å². The summed E-state index contributed by atoms with van der Waals surface area (Å²) in [5.41, 5.74) is 0. The Kier molecular flexibility index (Phi) is 6.73. The lowest BCUT2D eigenvalue weighted by molar-refractivity contribution is 0.307. The van der Waals surface area contributed by atoms with Gasteiger partial charge in [0.1, 0.15) is 5.75 Å². The standard InChI is InChI=1S/C24H30O/c1-2-3-4-5-6-7-8-11-17-25-24-16-12-15-22-18-20-13-9-10-14-21(20)19-23(22)24/h9-10,12-16,18-19H,2-8,11,17H2,1H3. The minimum absolute atomic E-state index is 0.820. The highest BCUT2D eigenvalue weighted by Crippen LogP contribution is 2.30. The molecule has 0 fully saturated rings. The van der Waals surface area contributed by atoms with Crippen molar-refractivity contribution < 1.29 is 4.74 Å². The normalized spacial score (nSPS) is 11.2. The molecule has 1 heteroatoms. The molecule has 0 N–H and O–H groups in total. The van der Waals surface area contributed by atoms with E-state index in [1.807, 2.05) is 0 Å². The average molecular weight is 335 g/mol. The average Bonchev–Trinajstić information content (AvgIpc) is 2.65. The van der Waals surface area contributed by atoms with E-state index in [1.165, 1.54) is 66.5 Å². The highest BCUT2D eigenvalue weighted by Gasteiger charge is 2.04. The lowest BCUT2D eigenvalue weighted by Crippen LogP contribution is -1.98. The number of unbranched alkanes of at least 4 members (excludes halogenated alkanes) is 7. The number of hydrogen-bond donors (Lipinski definition) is 0. The van der Waals surface area contributed by atoms with Crippen molar-refractivity contribution in [3.05, 3.63) is 54.6 Å². The van der Waals surface area contributed by atoms with Crippen molar-refractivity contribution in [3.8, 4) is 5.75 Å². The second-order valence-corrected chi connectivity index (χ2v) is 7.00. The van der Waals surface area contributed by atoms with Gasteiger partial charge in [-0.25, -0.2) is 0 Å². The Balaban J connectivity index is 1.52. The molecular formula is C24H30O. The summed E-state index contributed by atoms with van der Waals surface area (Å²) >= 11 is 0. The minimum Gasteiger partial charge on any atom is -0.493 e. The predicted octanol–water partition coefficient (Wildman–Crippen LogP) is 7.51. The van der Waals surface area contributed by atoms with Gasteiger partial charge in [0.05, 0.1) is 6.61 Å². The summed E-state index contributed by atoms with van der Waals surface area (Å²) in [5.74, 6) is 1.02. The zero-order chi connectivity index (χ0) is 17.3. The van der Waals surface area contributed by atoms with E-state index in [9.17, 15) is 0 Å². The molecule has 3 aromatic carbocycles. The summed E-state index contributed by atoms with van der Waals surface area (Å²) in [6.07, 6.45) is 10.7. The van der Waals surface area contributed by atoms with Crippen molar-refractivity contribution >= 4 is 21.5 Å². The molecule has 0 saturated carbocycles. The second kappa shape index (κ2) is 9.46. The van der Waals surface area contributed by atoms with Gasteiger partial charge in [-0.3, -0.25) is 0 Å². The first-order valence-corrected chi connectivity index (χ1v) is 9.93. The fraction of sp³-hybridized carbons (Fsp3) is 0.417. The maximum absolute atomic E-state index is 6.11. The van der Waals surface area contributed by atoms with Gasteiger partial charge in [-0.2, -0.15) is 0 Å². The molecule has 0 spiro atoms. The molecule has 0 heterocycles. The molecule has 0 saturated heterocycles. The van der Waals surface area contributed by atoms with Crippen LogP contribution >= 0.6 is 0 Å². The Bertz CT molecular complexity index is 790. The SMILES string of the molecule is CCCCCCCCCCOc1cccc2cc3ccccc3cc12. The third-order valence-corrected chi connectivity index (χ3v) is 4.96. The van der Waals surface area contributed by atoms with Gasteiger partial charge in [-0.05, 0) is 40.8 Å². The third-order valence-electron chi connectivity index (χ3n) is 4.96. The van der Waals surface area contributed by atoms with Crippen molar-refractivity contribution in [2.24, 2.45) is 0 Å². The van der Waals surface area contributed by atoms with Gasteiger partial charge in [0.2, 0.25) is 0 Å². The quantitative estimate of drug-likeness (QED) is 0.275. The molecule has 1 nitrogen and oxygen atoms in total. The Morgan fingerprint density at radius 1 is 0.640 bits per heavy atom. The maximum Gasteiger partial charge on any atom is 0.127 e. The lowest BCUT2D eigenvalue weighted by Gasteiger charge is -2.10. The maximum atomic E-state index is 6.11. The Morgan fingerprint density at radius 3 is 2.04 bits per heavy atom. The van der Waals surface area contributed by atoms with Crippen LogP contribution in [-0.4, -0.2) is 6.61 Å². The number of ether oxygens (including phenoxy) is 1. The molecule has 132 valence electrons. The first-order valence-electron chi connectivity index (χ1n) is 9.93. The van der Waals surface area contributed by atoms with E-state index in [0.717, 1.165) is 18.8 Å². The van der Waals surface area contributed by atoms with Crippen molar-refractivity contribution in [1.82, 2.24) is 0 Å². The van der Waals surface area contributed by atoms with Crippen LogP contribution in [-0.2, 0) is 0 Å². The van der Waals surface area contributed by atoms with Gasteiger partial charge in [-0.15, -0.1) is 0 Å². The number of fused-ring (bicyclic) bond motifs is 2. The summed E-state index contributed by atoms with van der Waals surface area (Å²) in [6.45, 7) is 3.09. The molecular weight excluding hydrogens is 304 g/mol. The van der Waals surface area contributed by atoms with Crippen LogP contribution in [0.4, 0.5) is 0 Å². The van der Waals surface area contributed by atoms with Crippen molar-refractivity contribution in [2.75, 3.05) is 6.61 Å². The topological polar surface area (TPSA) is 9.23 Å². The lowest BCUT2D eigenvalue weighted by atomic mass is 10.0. The van der Waals surface area contributed by atoms with Gasteiger partial charge < -0.3 is 4.74 Å². The van der Waals surface area contributed by atoms with Crippen LogP contribution in [0.2, 0.25) is 0 Å². The van der Waals surface area contributed by atoms with E-state index in [2.05, 4.69) is 61.5 Å². The van der Waals surface area contributed by atoms with Crippen LogP contribution in [0.25, 0.3) is 21.5 Å². The molecule has 0 unspecified atom stereocenters. The molecule has 0 bridgehead atoms. The zero-order valence-electron chi connectivity index (χ0n) is 15.5. The molecule has 25 heavy (non-hydrogen) atoms. The van der Waals surface area contributed by atoms with Crippen LogP contribution in [0.3, 0.4) is 0 Å². The Morgan fingerprint density at radius 2 is 1.28 bits per heavy atom. The molecule has 0 aliphatic rings. The Hall–Kier alpha value is -2.02. The monoisotopic (exact) mass is 334 g/mol. The molecule has 0 radical (unpaired) electrons. The summed E-state index contributed by atoms with van der Waals surface area (Å²) in [6, 6.07) is 19.4. The van der Waals surface area contributed by atoms with Gasteiger partial charge in [0.15, 0.2) is 0 Å². The fourth-order valence-corrected chi connectivity index (χ4v) is 3.48. The van der Waals surface area contributed by atoms with Gasteiger partial charge in [0.25, 0.3) is 0 Å². The van der Waals surface area contributed by atoms with Crippen LogP contribution in [0.1, 0.15) is 58.3 Å². The van der Waals surface area contributed by atoms with Gasteiger partial charge in [0, 0.05) is 5.39 Å². The minimum atomic E-state index is 0.820. The third kappa shape index (κ3) is 4.98. The number of rotatable bonds is 10. The van der Waals surface area contributed by atoms with Crippen LogP contribution in [0, 0.1) is 0 Å². The highest BCUT2D eigenvalue weighted by atomic mass is 16.5. The predicted molar refractivity (Wildman–Crippen MR) is 110 cm³/mol. The fourth-order valence-electron chi connectivity index (χ4n) is 3.48. The molecule has 0 aliphatic carbocycles. The summed E-state index contributed by atoms with van der Waals surface area (Å²) in [5, 5.41) is 5.04. The summed E-state index contributed by atoms with van der Waals surface area (Å²) in [4.78, 5) is 0.